The van der Waals surface area contributed by atoms with E-state index in [4.69, 9.17) is 20.3 Å². The number of nitrogens with one attached hydrogen (secondary N) is 1. The number of hydrogen-bond acceptors (Lipinski definition) is 7. The largest absolute Gasteiger partial charge is 0.493 e. The van der Waals surface area contributed by atoms with E-state index in [-0.39, 0.29) is 5.56 Å². The van der Waals surface area contributed by atoms with Crippen molar-refractivity contribution in [1.82, 2.24) is 9.97 Å². The normalized spacial score (nSPS) is 10.3. The van der Waals surface area contributed by atoms with Gasteiger partial charge in [0.1, 0.15) is 11.6 Å². The number of aromatic nitrogens is 2. The van der Waals surface area contributed by atoms with Gasteiger partial charge in [-0.1, -0.05) is 0 Å². The zero-order chi connectivity index (χ0) is 19.4. The van der Waals surface area contributed by atoms with Gasteiger partial charge in [0.2, 0.25) is 0 Å². The topological polar surface area (TPSA) is 120 Å². The molecule has 0 bridgehead atoms. The lowest BCUT2D eigenvalue weighted by Gasteiger charge is -2.11. The molecule has 0 aliphatic rings. The highest BCUT2D eigenvalue weighted by Crippen LogP contribution is 2.32. The number of nitrogen functional groups attached to an aromatic ring is 1. The lowest BCUT2D eigenvalue weighted by Crippen LogP contribution is -2.02. The third-order valence-electron chi connectivity index (χ3n) is 3.79. The molecule has 0 unspecified atom stereocenters. The summed E-state index contributed by atoms with van der Waals surface area (Å²) in [7, 11) is 3.11. The van der Waals surface area contributed by atoms with Crippen LogP contribution >= 0.6 is 0 Å². The van der Waals surface area contributed by atoms with E-state index in [2.05, 4.69) is 15.3 Å². The molecule has 8 nitrogen and oxygen atoms in total. The van der Waals surface area contributed by atoms with E-state index in [1.807, 2.05) is 6.07 Å². The summed E-state index contributed by atoms with van der Waals surface area (Å²) in [6.45, 7) is 0. The molecule has 2 aromatic carbocycles. The van der Waals surface area contributed by atoms with E-state index < -0.39 is 5.97 Å². The third kappa shape index (κ3) is 4.06. The summed E-state index contributed by atoms with van der Waals surface area (Å²) in [5.41, 5.74) is 7.51. The summed E-state index contributed by atoms with van der Waals surface area (Å²) >= 11 is 0. The molecule has 0 aliphatic heterocycles. The molecule has 0 radical (unpaired) electrons. The molecule has 138 valence electrons. The van der Waals surface area contributed by atoms with Gasteiger partial charge in [0, 0.05) is 17.3 Å². The molecule has 1 aromatic heterocycles. The van der Waals surface area contributed by atoms with E-state index in [0.29, 0.717) is 40.2 Å². The molecule has 0 atom stereocenters. The number of carboxylic acids is 1. The lowest BCUT2D eigenvalue weighted by molar-refractivity contribution is 0.0697. The first-order chi connectivity index (χ1) is 13.0. The van der Waals surface area contributed by atoms with Crippen LogP contribution in [0.3, 0.4) is 0 Å². The van der Waals surface area contributed by atoms with Crippen LogP contribution in [0.25, 0.3) is 11.4 Å². The van der Waals surface area contributed by atoms with E-state index >= 15 is 0 Å². The fourth-order valence-corrected chi connectivity index (χ4v) is 2.48. The van der Waals surface area contributed by atoms with Crippen LogP contribution in [0, 0.1) is 0 Å². The number of nitrogens with zero attached hydrogens (tertiary/aromatic N) is 2. The maximum Gasteiger partial charge on any atom is 0.335 e. The van der Waals surface area contributed by atoms with Crippen LogP contribution in [0.2, 0.25) is 0 Å². The van der Waals surface area contributed by atoms with Gasteiger partial charge < -0.3 is 25.6 Å². The van der Waals surface area contributed by atoms with E-state index in [0.717, 1.165) is 0 Å². The molecule has 3 rings (SSSR count). The second kappa shape index (κ2) is 7.61. The Kier molecular flexibility index (Phi) is 5.07. The summed E-state index contributed by atoms with van der Waals surface area (Å²) in [6.07, 6.45) is 0. The SMILES string of the molecule is COc1ccc(-c2nc(N)cc(Nc3ccc(C(=O)O)cc3)n2)cc1OC. The Morgan fingerprint density at radius 3 is 2.33 bits per heavy atom. The molecule has 3 aromatic rings. The predicted molar refractivity (Wildman–Crippen MR) is 102 cm³/mol. The first kappa shape index (κ1) is 18.0. The van der Waals surface area contributed by atoms with E-state index in [9.17, 15) is 4.79 Å². The number of nitrogens with two attached hydrogens (primary N) is 1. The molecule has 0 fully saturated rings. The van der Waals surface area contributed by atoms with E-state index in [1.165, 1.54) is 12.1 Å². The predicted octanol–water partition coefficient (Wildman–Crippen LogP) is 3.18. The lowest BCUT2D eigenvalue weighted by atomic mass is 10.2. The summed E-state index contributed by atoms with van der Waals surface area (Å²) in [5, 5.41) is 12.1. The Morgan fingerprint density at radius 1 is 1.00 bits per heavy atom. The molecule has 8 heteroatoms. The van der Waals surface area contributed by atoms with Crippen LogP contribution in [0.15, 0.2) is 48.5 Å². The number of methoxy groups -OCH3 is 2. The maximum atomic E-state index is 10.9. The zero-order valence-corrected chi connectivity index (χ0v) is 14.8. The zero-order valence-electron chi connectivity index (χ0n) is 14.8. The molecule has 1 heterocycles. The minimum Gasteiger partial charge on any atom is -0.493 e. The second-order valence-corrected chi connectivity index (χ2v) is 5.58. The maximum absolute atomic E-state index is 10.9. The van der Waals surface area contributed by atoms with Crippen molar-refractivity contribution in [3.05, 3.63) is 54.1 Å². The number of carboxylic acid groups (broad SMARTS) is 1. The highest BCUT2D eigenvalue weighted by Gasteiger charge is 2.11. The fourth-order valence-electron chi connectivity index (χ4n) is 2.48. The Labute approximate surface area is 155 Å². The Balaban J connectivity index is 1.91. The van der Waals surface area contributed by atoms with Gasteiger partial charge in [-0.25, -0.2) is 14.8 Å². The number of hydrogen-bond donors (Lipinski definition) is 3. The number of benzene rings is 2. The molecule has 0 amide bonds. The highest BCUT2D eigenvalue weighted by molar-refractivity contribution is 5.88. The summed E-state index contributed by atoms with van der Waals surface area (Å²) < 4.78 is 10.5. The van der Waals surface area contributed by atoms with Crippen molar-refractivity contribution >= 4 is 23.3 Å². The minimum atomic E-state index is -0.983. The van der Waals surface area contributed by atoms with Crippen LogP contribution in [-0.4, -0.2) is 35.3 Å². The highest BCUT2D eigenvalue weighted by atomic mass is 16.5. The average Bonchev–Trinajstić information content (AvgIpc) is 2.67. The number of rotatable bonds is 6. The van der Waals surface area contributed by atoms with Crippen molar-refractivity contribution in [2.24, 2.45) is 0 Å². The number of anilines is 3. The molecule has 4 N–H and O–H groups in total. The van der Waals surface area contributed by atoms with Gasteiger partial charge in [-0.05, 0) is 42.5 Å². The smallest absolute Gasteiger partial charge is 0.335 e. The molecular formula is C19H18N4O4. The monoisotopic (exact) mass is 366 g/mol. The number of carbonyl (C=O) groups is 1. The van der Waals surface area contributed by atoms with Crippen LogP contribution in [0.1, 0.15) is 10.4 Å². The van der Waals surface area contributed by atoms with Gasteiger partial charge in [0.25, 0.3) is 0 Å². The van der Waals surface area contributed by atoms with Crippen molar-refractivity contribution in [1.29, 1.82) is 0 Å². The van der Waals surface area contributed by atoms with Gasteiger partial charge >= 0.3 is 5.97 Å². The van der Waals surface area contributed by atoms with Crippen LogP contribution in [0.5, 0.6) is 11.5 Å². The molecule has 0 spiro atoms. The molecule has 0 saturated carbocycles. The average molecular weight is 366 g/mol. The van der Waals surface area contributed by atoms with Gasteiger partial charge in [0.15, 0.2) is 17.3 Å². The van der Waals surface area contributed by atoms with Crippen molar-refractivity contribution in [3.8, 4) is 22.9 Å². The van der Waals surface area contributed by atoms with Crippen molar-refractivity contribution in [2.75, 3.05) is 25.3 Å². The van der Waals surface area contributed by atoms with Crippen molar-refractivity contribution in [2.45, 2.75) is 0 Å². The Morgan fingerprint density at radius 2 is 1.70 bits per heavy atom. The molecule has 27 heavy (non-hydrogen) atoms. The Bertz CT molecular complexity index is 974. The first-order valence-corrected chi connectivity index (χ1v) is 7.97. The number of aromatic carboxylic acids is 1. The number of ether oxygens (including phenoxy) is 2. The van der Waals surface area contributed by atoms with E-state index in [1.54, 1.807) is 44.6 Å². The van der Waals surface area contributed by atoms with Gasteiger partial charge in [-0.15, -0.1) is 0 Å². The molecule has 0 aliphatic carbocycles. The van der Waals surface area contributed by atoms with Gasteiger partial charge in [0.05, 0.1) is 19.8 Å². The van der Waals surface area contributed by atoms with Crippen molar-refractivity contribution in [3.63, 3.8) is 0 Å². The first-order valence-electron chi connectivity index (χ1n) is 7.97. The molecule has 0 saturated heterocycles. The standard InChI is InChI=1S/C19H18N4O4/c1-26-14-8-5-12(9-15(14)27-2)18-22-16(20)10-17(23-18)21-13-6-3-11(4-7-13)19(24)25/h3-10H,1-2H3,(H,24,25)(H3,20,21,22,23). The van der Waals surface area contributed by atoms with Gasteiger partial charge in [-0.3, -0.25) is 0 Å². The summed E-state index contributed by atoms with van der Waals surface area (Å²) in [5.74, 6) is 1.36. The van der Waals surface area contributed by atoms with Crippen molar-refractivity contribution < 1.29 is 19.4 Å². The minimum absolute atomic E-state index is 0.203. The van der Waals surface area contributed by atoms with Crippen LogP contribution < -0.4 is 20.5 Å². The van der Waals surface area contributed by atoms with Crippen LogP contribution in [-0.2, 0) is 0 Å². The molecular weight excluding hydrogens is 348 g/mol. The summed E-state index contributed by atoms with van der Waals surface area (Å²) in [4.78, 5) is 19.7. The summed E-state index contributed by atoms with van der Waals surface area (Å²) in [6, 6.07) is 13.2. The third-order valence-corrected chi connectivity index (χ3v) is 3.79. The van der Waals surface area contributed by atoms with Gasteiger partial charge in [-0.2, -0.15) is 0 Å². The van der Waals surface area contributed by atoms with Crippen LogP contribution in [0.4, 0.5) is 17.3 Å². The Hall–Kier alpha value is -3.81. The quantitative estimate of drug-likeness (QED) is 0.608. The fraction of sp³-hybridized carbons (Fsp3) is 0.105. The second-order valence-electron chi connectivity index (χ2n) is 5.58.